The number of rotatable bonds is 3. The largest absolute Gasteiger partial charge is 0.456 e. The second-order valence-corrected chi connectivity index (χ2v) is 12.8. The molecule has 0 spiro atoms. The minimum Gasteiger partial charge on any atom is -0.456 e. The van der Waals surface area contributed by atoms with Crippen LogP contribution in [0.2, 0.25) is 0 Å². The lowest BCUT2D eigenvalue weighted by Gasteiger charge is -2.12. The van der Waals surface area contributed by atoms with Gasteiger partial charge < -0.3 is 13.6 Å². The summed E-state index contributed by atoms with van der Waals surface area (Å²) in [6.45, 7) is 9.65. The van der Waals surface area contributed by atoms with Crippen LogP contribution in [0.15, 0.2) is 144 Å². The van der Waals surface area contributed by atoms with Crippen LogP contribution >= 0.6 is 0 Å². The quantitative estimate of drug-likeness (QED) is 0.141. The molecule has 0 N–H and O–H groups in total. The number of aryl methyl sites for hydroxylation is 2. The first-order valence-corrected chi connectivity index (χ1v) is 16.4. The van der Waals surface area contributed by atoms with Crippen molar-refractivity contribution in [1.29, 1.82) is 0 Å². The molecule has 10 aromatic rings. The fraction of sp³-hybridized carbons (Fsp3) is 0.0455. The van der Waals surface area contributed by atoms with Crippen molar-refractivity contribution in [3.05, 3.63) is 157 Å². The highest BCUT2D eigenvalue weighted by molar-refractivity contribution is 6.13. The van der Waals surface area contributed by atoms with Crippen LogP contribution in [0, 0.1) is 13.5 Å². The third kappa shape index (κ3) is 3.89. The Balaban J connectivity index is 1.28. The van der Waals surface area contributed by atoms with Gasteiger partial charge in [-0.2, -0.15) is 0 Å². The van der Waals surface area contributed by atoms with Crippen molar-refractivity contribution in [2.75, 3.05) is 0 Å². The molecular weight excluding hydrogens is 601 g/mol. The minimum absolute atomic E-state index is 0.574. The molecule has 0 bridgehead atoms. The Morgan fingerprint density at radius 2 is 1.20 bits per heavy atom. The van der Waals surface area contributed by atoms with Crippen LogP contribution in [0.3, 0.4) is 0 Å². The first-order chi connectivity index (χ1) is 24.1. The Labute approximate surface area is 281 Å². The van der Waals surface area contributed by atoms with E-state index < -0.39 is 0 Å². The maximum atomic E-state index is 7.51. The maximum absolute atomic E-state index is 7.51. The van der Waals surface area contributed by atoms with Gasteiger partial charge in [-0.1, -0.05) is 84.9 Å². The van der Waals surface area contributed by atoms with Gasteiger partial charge in [-0.3, -0.25) is 0 Å². The highest BCUT2D eigenvalue weighted by Gasteiger charge is 2.25. The van der Waals surface area contributed by atoms with Gasteiger partial charge in [0.25, 0.3) is 0 Å². The third-order valence-electron chi connectivity index (χ3n) is 10.1. The molecule has 4 aromatic heterocycles. The molecule has 5 nitrogen and oxygen atoms in total. The molecule has 0 saturated heterocycles. The smallest absolute Gasteiger partial charge is 0.218 e. The summed E-state index contributed by atoms with van der Waals surface area (Å²) in [4.78, 5) is 3.63. The lowest BCUT2D eigenvalue weighted by molar-refractivity contribution is -0.659. The zero-order valence-corrected chi connectivity index (χ0v) is 27.0. The average Bonchev–Trinajstić information content (AvgIpc) is 3.78. The number of nitrogens with zero attached hydrogens (tertiary/aromatic N) is 4. The summed E-state index contributed by atoms with van der Waals surface area (Å²) < 4.78 is 13.6. The topological polar surface area (TPSA) is 31.2 Å². The Kier molecular flexibility index (Phi) is 5.71. The van der Waals surface area contributed by atoms with Crippen molar-refractivity contribution in [3.63, 3.8) is 0 Å². The van der Waals surface area contributed by atoms with E-state index >= 15 is 0 Å². The number of aromatic nitrogens is 3. The summed E-state index contributed by atoms with van der Waals surface area (Å²) in [5.41, 5.74) is 12.3. The number of furan rings is 1. The number of benzene rings is 6. The normalized spacial score (nSPS) is 11.9. The molecule has 0 aliphatic carbocycles. The molecule has 0 unspecified atom stereocenters. The molecule has 0 atom stereocenters. The van der Waals surface area contributed by atoms with Gasteiger partial charge in [0.1, 0.15) is 18.2 Å². The predicted molar refractivity (Wildman–Crippen MR) is 200 cm³/mol. The summed E-state index contributed by atoms with van der Waals surface area (Å²) in [7, 11) is 2.11. The monoisotopic (exact) mass is 629 g/mol. The van der Waals surface area contributed by atoms with E-state index in [0.717, 1.165) is 61.2 Å². The molecule has 0 saturated carbocycles. The van der Waals surface area contributed by atoms with Crippen LogP contribution in [0.25, 0.3) is 93.0 Å². The Hall–Kier alpha value is -6.64. The Morgan fingerprint density at radius 1 is 0.571 bits per heavy atom. The SMILES string of the molecule is [C-]#[N+]c1ccc2c(c1)oc1c(-c3cc4c(c[n+]3C)c3ccccc3n4-c3ccc4c5ccccc5n(-c5ccccc5)c4c3)c(C)ccc12. The summed E-state index contributed by atoms with van der Waals surface area (Å²) in [6.07, 6.45) is 2.25. The second kappa shape index (κ2) is 10.2. The van der Waals surface area contributed by atoms with Crippen LogP contribution in [-0.4, -0.2) is 9.13 Å². The summed E-state index contributed by atoms with van der Waals surface area (Å²) in [5.74, 6) is 0. The summed E-state index contributed by atoms with van der Waals surface area (Å²) in [6, 6.07) is 47.1. The average molecular weight is 630 g/mol. The number of fused-ring (bicyclic) bond motifs is 9. The number of hydrogen-bond acceptors (Lipinski definition) is 1. The van der Waals surface area contributed by atoms with Crippen LogP contribution < -0.4 is 4.57 Å². The lowest BCUT2D eigenvalue weighted by atomic mass is 10.00. The first-order valence-electron chi connectivity index (χ1n) is 16.4. The van der Waals surface area contributed by atoms with Crippen molar-refractivity contribution in [1.82, 2.24) is 9.13 Å². The van der Waals surface area contributed by atoms with Gasteiger partial charge in [-0.15, -0.1) is 0 Å². The van der Waals surface area contributed by atoms with Crippen LogP contribution in [0.4, 0.5) is 5.69 Å². The van der Waals surface area contributed by atoms with Crippen molar-refractivity contribution in [2.45, 2.75) is 6.92 Å². The van der Waals surface area contributed by atoms with Crippen molar-refractivity contribution in [2.24, 2.45) is 7.05 Å². The molecule has 0 amide bonds. The Morgan fingerprint density at radius 3 is 1.98 bits per heavy atom. The molecule has 4 heterocycles. The summed E-state index contributed by atoms with van der Waals surface area (Å²) in [5, 5.41) is 6.91. The van der Waals surface area contributed by atoms with Crippen molar-refractivity contribution in [3.8, 4) is 22.6 Å². The van der Waals surface area contributed by atoms with E-state index in [2.05, 4.69) is 154 Å². The second-order valence-electron chi connectivity index (χ2n) is 12.8. The van der Waals surface area contributed by atoms with E-state index in [4.69, 9.17) is 11.0 Å². The van der Waals surface area contributed by atoms with Gasteiger partial charge in [0, 0.05) is 44.4 Å². The molecule has 6 aromatic carbocycles. The molecule has 0 aliphatic heterocycles. The fourth-order valence-electron chi connectivity index (χ4n) is 7.85. The molecule has 0 fully saturated rings. The molecule has 49 heavy (non-hydrogen) atoms. The predicted octanol–water partition coefficient (Wildman–Crippen LogP) is 11.1. The first kappa shape index (κ1) is 27.5. The molecule has 0 aliphatic rings. The Bertz CT molecular complexity index is 3020. The number of hydrogen-bond donors (Lipinski definition) is 0. The van der Waals surface area contributed by atoms with Crippen LogP contribution in [-0.2, 0) is 7.05 Å². The molecule has 0 radical (unpaired) electrons. The van der Waals surface area contributed by atoms with Crippen molar-refractivity contribution >= 4 is 71.2 Å². The van der Waals surface area contributed by atoms with E-state index in [-0.39, 0.29) is 0 Å². The van der Waals surface area contributed by atoms with Gasteiger partial charge in [-0.25, -0.2) is 9.41 Å². The highest BCUT2D eigenvalue weighted by Crippen LogP contribution is 2.41. The van der Waals surface area contributed by atoms with E-state index in [1.807, 2.05) is 18.2 Å². The third-order valence-corrected chi connectivity index (χ3v) is 10.1. The van der Waals surface area contributed by atoms with Gasteiger partial charge in [0.2, 0.25) is 5.69 Å². The zero-order chi connectivity index (χ0) is 32.8. The van der Waals surface area contributed by atoms with E-state index in [1.165, 1.54) is 32.6 Å². The van der Waals surface area contributed by atoms with E-state index in [1.54, 1.807) is 0 Å². The minimum atomic E-state index is 0.574. The number of pyridine rings is 1. The fourth-order valence-corrected chi connectivity index (χ4v) is 7.85. The maximum Gasteiger partial charge on any atom is 0.218 e. The molecule has 10 rings (SSSR count). The summed E-state index contributed by atoms with van der Waals surface area (Å²) >= 11 is 0. The van der Waals surface area contributed by atoms with Gasteiger partial charge >= 0.3 is 0 Å². The van der Waals surface area contributed by atoms with E-state index in [0.29, 0.717) is 5.69 Å². The lowest BCUT2D eigenvalue weighted by Crippen LogP contribution is -2.30. The molecule has 5 heteroatoms. The van der Waals surface area contributed by atoms with Crippen LogP contribution in [0.1, 0.15) is 5.56 Å². The van der Waals surface area contributed by atoms with Crippen molar-refractivity contribution < 1.29 is 8.98 Å². The van der Waals surface area contributed by atoms with Gasteiger partial charge in [-0.05, 0) is 55.0 Å². The van der Waals surface area contributed by atoms with Gasteiger partial charge in [0.05, 0.1) is 39.6 Å². The van der Waals surface area contributed by atoms with Gasteiger partial charge in [0.15, 0.2) is 11.9 Å². The van der Waals surface area contributed by atoms with E-state index in [9.17, 15) is 0 Å². The van der Waals surface area contributed by atoms with Crippen LogP contribution in [0.5, 0.6) is 0 Å². The highest BCUT2D eigenvalue weighted by atomic mass is 16.3. The standard InChI is InChI=1S/C44H29N4O/c1-27-17-20-35-34-21-18-28(45-2)23-42(34)49-44(35)43(27)41-25-40-36(26-46(41)3)32-14-8-10-16-38(32)48(40)30-19-22-33-31-13-7-9-15-37(31)47(39(33)24-30)29-11-5-4-6-12-29/h4-26H,1,3H3/q+1. The number of para-hydroxylation sites is 3. The molecule has 230 valence electrons. The molecular formula is C44H29N4O+. The zero-order valence-electron chi connectivity index (χ0n) is 27.0.